The summed E-state index contributed by atoms with van der Waals surface area (Å²) in [5, 5.41) is 3.55. The minimum absolute atomic E-state index is 0.0232. The molecule has 130 valence electrons. The van der Waals surface area contributed by atoms with Gasteiger partial charge in [-0.05, 0) is 43.7 Å². The SMILES string of the molecule is CCOCCCC(=O)Nc1ccc2nc(-c3ccccc3Cl)[nH]c2c1. The van der Waals surface area contributed by atoms with Crippen LogP contribution in [0.1, 0.15) is 19.8 Å². The van der Waals surface area contributed by atoms with Crippen LogP contribution in [0.5, 0.6) is 0 Å². The lowest BCUT2D eigenvalue weighted by atomic mass is 10.2. The Morgan fingerprint density at radius 3 is 2.92 bits per heavy atom. The standard InChI is InChI=1S/C19H20ClN3O2/c1-2-25-11-5-8-18(24)21-13-9-10-16-17(12-13)23-19(22-16)14-6-3-4-7-15(14)20/h3-4,6-7,9-10,12H,2,5,8,11H2,1H3,(H,21,24)(H,22,23). The number of H-pyrrole nitrogens is 1. The van der Waals surface area contributed by atoms with E-state index in [4.69, 9.17) is 16.3 Å². The zero-order valence-electron chi connectivity index (χ0n) is 14.0. The molecule has 1 amide bonds. The van der Waals surface area contributed by atoms with Crippen molar-refractivity contribution in [3.8, 4) is 11.4 Å². The number of anilines is 1. The smallest absolute Gasteiger partial charge is 0.224 e. The van der Waals surface area contributed by atoms with Crippen LogP contribution in [0.25, 0.3) is 22.4 Å². The highest BCUT2D eigenvalue weighted by molar-refractivity contribution is 6.33. The number of fused-ring (bicyclic) bond motifs is 1. The highest BCUT2D eigenvalue weighted by Crippen LogP contribution is 2.28. The van der Waals surface area contributed by atoms with Crippen molar-refractivity contribution in [1.82, 2.24) is 9.97 Å². The number of carbonyl (C=O) groups is 1. The molecule has 1 heterocycles. The molecule has 3 rings (SSSR count). The molecule has 0 spiro atoms. The van der Waals surface area contributed by atoms with Gasteiger partial charge >= 0.3 is 0 Å². The maximum atomic E-state index is 12.0. The number of benzene rings is 2. The number of ether oxygens (including phenoxy) is 1. The molecule has 0 saturated heterocycles. The third kappa shape index (κ3) is 4.38. The third-order valence-electron chi connectivity index (χ3n) is 3.79. The van der Waals surface area contributed by atoms with E-state index in [-0.39, 0.29) is 5.91 Å². The molecule has 0 aliphatic carbocycles. The van der Waals surface area contributed by atoms with Crippen LogP contribution in [0.2, 0.25) is 5.02 Å². The Kier molecular flexibility index (Phi) is 5.68. The lowest BCUT2D eigenvalue weighted by Gasteiger charge is -2.05. The molecule has 0 unspecified atom stereocenters. The molecule has 0 radical (unpaired) electrons. The van der Waals surface area contributed by atoms with Crippen molar-refractivity contribution in [1.29, 1.82) is 0 Å². The van der Waals surface area contributed by atoms with Crippen LogP contribution in [0.3, 0.4) is 0 Å². The molecule has 5 nitrogen and oxygen atoms in total. The Morgan fingerprint density at radius 2 is 2.12 bits per heavy atom. The second-order valence-electron chi connectivity index (χ2n) is 5.65. The van der Waals surface area contributed by atoms with Gasteiger partial charge in [0.05, 0.1) is 16.1 Å². The lowest BCUT2D eigenvalue weighted by molar-refractivity contribution is -0.116. The van der Waals surface area contributed by atoms with E-state index < -0.39 is 0 Å². The Bertz CT molecular complexity index is 876. The van der Waals surface area contributed by atoms with Crippen molar-refractivity contribution in [2.75, 3.05) is 18.5 Å². The van der Waals surface area contributed by atoms with E-state index in [1.165, 1.54) is 0 Å². The number of carbonyl (C=O) groups excluding carboxylic acids is 1. The number of aromatic nitrogens is 2. The van der Waals surface area contributed by atoms with E-state index in [1.54, 1.807) is 0 Å². The summed E-state index contributed by atoms with van der Waals surface area (Å²) in [4.78, 5) is 19.8. The maximum Gasteiger partial charge on any atom is 0.224 e. The molecule has 0 atom stereocenters. The van der Waals surface area contributed by atoms with E-state index in [0.29, 0.717) is 36.9 Å². The minimum Gasteiger partial charge on any atom is -0.382 e. The number of amides is 1. The fraction of sp³-hybridized carbons (Fsp3) is 0.263. The first-order chi connectivity index (χ1) is 12.2. The van der Waals surface area contributed by atoms with Gasteiger partial charge in [0.1, 0.15) is 5.82 Å². The molecule has 3 aromatic rings. The molecule has 2 aromatic carbocycles. The van der Waals surface area contributed by atoms with Gasteiger partial charge in [-0.2, -0.15) is 0 Å². The van der Waals surface area contributed by atoms with E-state index in [1.807, 2.05) is 49.4 Å². The van der Waals surface area contributed by atoms with E-state index in [0.717, 1.165) is 22.3 Å². The van der Waals surface area contributed by atoms with Crippen LogP contribution >= 0.6 is 11.6 Å². The van der Waals surface area contributed by atoms with Gasteiger partial charge in [0.25, 0.3) is 0 Å². The van der Waals surface area contributed by atoms with Crippen molar-refractivity contribution < 1.29 is 9.53 Å². The molecule has 1 aromatic heterocycles. The summed E-state index contributed by atoms with van der Waals surface area (Å²) in [5.74, 6) is 0.686. The second kappa shape index (κ2) is 8.14. The Labute approximate surface area is 151 Å². The fourth-order valence-electron chi connectivity index (χ4n) is 2.57. The predicted octanol–water partition coefficient (Wildman–Crippen LogP) is 4.64. The number of imidazole rings is 1. The van der Waals surface area contributed by atoms with Gasteiger partial charge in [-0.1, -0.05) is 23.7 Å². The Balaban J connectivity index is 1.72. The van der Waals surface area contributed by atoms with Crippen molar-refractivity contribution in [2.45, 2.75) is 19.8 Å². The molecule has 6 heteroatoms. The van der Waals surface area contributed by atoms with Crippen molar-refractivity contribution >= 4 is 34.2 Å². The number of rotatable bonds is 7. The van der Waals surface area contributed by atoms with Crippen molar-refractivity contribution in [3.63, 3.8) is 0 Å². The first-order valence-electron chi connectivity index (χ1n) is 8.29. The predicted molar refractivity (Wildman–Crippen MR) is 101 cm³/mol. The monoisotopic (exact) mass is 357 g/mol. The highest BCUT2D eigenvalue weighted by Gasteiger charge is 2.09. The van der Waals surface area contributed by atoms with E-state index in [9.17, 15) is 4.79 Å². The molecular weight excluding hydrogens is 338 g/mol. The summed E-state index contributed by atoms with van der Waals surface area (Å²) in [5.41, 5.74) is 3.26. The summed E-state index contributed by atoms with van der Waals surface area (Å²) < 4.78 is 5.24. The molecule has 0 aliphatic heterocycles. The largest absolute Gasteiger partial charge is 0.382 e. The molecule has 0 aliphatic rings. The normalized spacial score (nSPS) is 11.0. The summed E-state index contributed by atoms with van der Waals surface area (Å²) in [7, 11) is 0. The fourth-order valence-corrected chi connectivity index (χ4v) is 2.80. The second-order valence-corrected chi connectivity index (χ2v) is 6.05. The zero-order chi connectivity index (χ0) is 17.6. The van der Waals surface area contributed by atoms with E-state index >= 15 is 0 Å². The first kappa shape index (κ1) is 17.5. The summed E-state index contributed by atoms with van der Waals surface area (Å²) in [6.07, 6.45) is 1.15. The van der Waals surface area contributed by atoms with Crippen LogP contribution in [-0.2, 0) is 9.53 Å². The van der Waals surface area contributed by atoms with E-state index in [2.05, 4.69) is 15.3 Å². The summed E-state index contributed by atoms with van der Waals surface area (Å²) in [6, 6.07) is 13.2. The van der Waals surface area contributed by atoms with Gasteiger partial charge in [-0.3, -0.25) is 4.79 Å². The molecule has 0 fully saturated rings. The average Bonchev–Trinajstić information content (AvgIpc) is 3.02. The van der Waals surface area contributed by atoms with Gasteiger partial charge in [0, 0.05) is 30.9 Å². The van der Waals surface area contributed by atoms with Crippen LogP contribution < -0.4 is 5.32 Å². The van der Waals surface area contributed by atoms with Gasteiger partial charge in [0.2, 0.25) is 5.91 Å². The van der Waals surface area contributed by atoms with Crippen LogP contribution in [0.15, 0.2) is 42.5 Å². The Hall–Kier alpha value is -2.37. The topological polar surface area (TPSA) is 67.0 Å². The average molecular weight is 358 g/mol. The number of halogens is 1. The summed E-state index contributed by atoms with van der Waals surface area (Å²) >= 11 is 6.23. The quantitative estimate of drug-likeness (QED) is 0.605. The number of hydrogen-bond acceptors (Lipinski definition) is 3. The number of nitrogens with zero attached hydrogens (tertiary/aromatic N) is 1. The lowest BCUT2D eigenvalue weighted by Crippen LogP contribution is -2.12. The molecule has 25 heavy (non-hydrogen) atoms. The Morgan fingerprint density at radius 1 is 1.28 bits per heavy atom. The third-order valence-corrected chi connectivity index (χ3v) is 4.12. The minimum atomic E-state index is -0.0232. The van der Waals surface area contributed by atoms with Crippen molar-refractivity contribution in [2.24, 2.45) is 0 Å². The number of hydrogen-bond donors (Lipinski definition) is 2. The number of aromatic amines is 1. The van der Waals surface area contributed by atoms with Gasteiger partial charge in [-0.15, -0.1) is 0 Å². The summed E-state index contributed by atoms with van der Waals surface area (Å²) in [6.45, 7) is 3.22. The molecule has 0 saturated carbocycles. The van der Waals surface area contributed by atoms with Crippen LogP contribution in [-0.4, -0.2) is 29.1 Å². The zero-order valence-corrected chi connectivity index (χ0v) is 14.8. The maximum absolute atomic E-state index is 12.0. The van der Waals surface area contributed by atoms with Gasteiger partial charge < -0.3 is 15.0 Å². The van der Waals surface area contributed by atoms with Crippen molar-refractivity contribution in [3.05, 3.63) is 47.5 Å². The van der Waals surface area contributed by atoms with Gasteiger partial charge in [-0.25, -0.2) is 4.98 Å². The van der Waals surface area contributed by atoms with Crippen LogP contribution in [0, 0.1) is 0 Å². The highest BCUT2D eigenvalue weighted by atomic mass is 35.5. The van der Waals surface area contributed by atoms with Crippen LogP contribution in [0.4, 0.5) is 5.69 Å². The first-order valence-corrected chi connectivity index (χ1v) is 8.67. The number of nitrogens with one attached hydrogen (secondary N) is 2. The molecule has 2 N–H and O–H groups in total. The molecular formula is C19H20ClN3O2. The van der Waals surface area contributed by atoms with Gasteiger partial charge in [0.15, 0.2) is 0 Å². The molecule has 0 bridgehead atoms.